The van der Waals surface area contributed by atoms with Crippen molar-refractivity contribution in [3.63, 3.8) is 0 Å². The van der Waals surface area contributed by atoms with E-state index in [0.717, 1.165) is 10.0 Å². The fraction of sp³-hybridized carbons (Fsp3) is 0.200. The molecule has 0 unspecified atom stereocenters. The Bertz CT molecular complexity index is 353. The van der Waals surface area contributed by atoms with Gasteiger partial charge in [0.1, 0.15) is 17.6 Å². The first-order valence-electron chi connectivity index (χ1n) is 3.96. The Morgan fingerprint density at radius 2 is 2.00 bits per heavy atom. The van der Waals surface area contributed by atoms with Crippen LogP contribution in [0.4, 0.5) is 5.69 Å². The second-order valence-corrected chi connectivity index (χ2v) is 3.60. The minimum absolute atomic E-state index is 0.334. The predicted molar refractivity (Wildman–Crippen MR) is 50.8 cm³/mol. The molecule has 0 spiro atoms. The Labute approximate surface area is 72.0 Å². The summed E-state index contributed by atoms with van der Waals surface area (Å²) < 4.78 is 0.760. The fourth-order valence-electron chi connectivity index (χ4n) is 1.55. The molecular weight excluding hydrogens is 150 g/mol. The summed E-state index contributed by atoms with van der Waals surface area (Å²) in [7, 11) is 4.22. The highest BCUT2D eigenvalue weighted by molar-refractivity contribution is 5.73. The van der Waals surface area contributed by atoms with Crippen LogP contribution in [0.1, 0.15) is 5.56 Å². The SMILES string of the molecule is C[N+]1(C)C=Cc2cc(O)ccc21. The van der Waals surface area contributed by atoms with Gasteiger partial charge in [0.2, 0.25) is 0 Å². The van der Waals surface area contributed by atoms with E-state index in [9.17, 15) is 5.11 Å². The molecule has 0 aliphatic carbocycles. The second kappa shape index (κ2) is 2.11. The van der Waals surface area contributed by atoms with Crippen molar-refractivity contribution in [3.8, 4) is 5.75 Å². The summed E-state index contributed by atoms with van der Waals surface area (Å²) in [6.07, 6.45) is 4.14. The molecule has 0 aromatic heterocycles. The molecule has 1 heterocycles. The number of nitrogens with zero attached hydrogens (tertiary/aromatic N) is 1. The summed E-state index contributed by atoms with van der Waals surface area (Å²) in [5, 5.41) is 9.23. The van der Waals surface area contributed by atoms with Crippen LogP contribution in [-0.4, -0.2) is 19.2 Å². The van der Waals surface area contributed by atoms with E-state index in [1.54, 1.807) is 12.1 Å². The number of benzene rings is 1. The van der Waals surface area contributed by atoms with Crippen LogP contribution in [0.5, 0.6) is 5.75 Å². The molecule has 1 N–H and O–H groups in total. The molecule has 2 nitrogen and oxygen atoms in total. The zero-order valence-corrected chi connectivity index (χ0v) is 7.28. The molecule has 0 atom stereocenters. The summed E-state index contributed by atoms with van der Waals surface area (Å²) in [4.78, 5) is 0. The normalized spacial score (nSPS) is 17.8. The van der Waals surface area contributed by atoms with Crippen molar-refractivity contribution in [1.29, 1.82) is 0 Å². The Balaban J connectivity index is 2.62. The molecule has 12 heavy (non-hydrogen) atoms. The van der Waals surface area contributed by atoms with Gasteiger partial charge in [-0.25, -0.2) is 0 Å². The smallest absolute Gasteiger partial charge is 0.144 e. The molecule has 1 aromatic carbocycles. The van der Waals surface area contributed by atoms with E-state index in [1.807, 2.05) is 12.1 Å². The van der Waals surface area contributed by atoms with Gasteiger partial charge in [0.25, 0.3) is 0 Å². The van der Waals surface area contributed by atoms with E-state index < -0.39 is 0 Å². The average molecular weight is 162 g/mol. The number of aromatic hydroxyl groups is 1. The van der Waals surface area contributed by atoms with E-state index in [4.69, 9.17) is 0 Å². The first kappa shape index (κ1) is 7.37. The minimum Gasteiger partial charge on any atom is -0.508 e. The van der Waals surface area contributed by atoms with Gasteiger partial charge in [-0.1, -0.05) is 0 Å². The lowest BCUT2D eigenvalue weighted by molar-refractivity contribution is 0.474. The number of hydrogen-bond donors (Lipinski definition) is 1. The Morgan fingerprint density at radius 1 is 1.25 bits per heavy atom. The van der Waals surface area contributed by atoms with E-state index in [0.29, 0.717) is 5.75 Å². The third kappa shape index (κ3) is 0.924. The zero-order chi connectivity index (χ0) is 8.77. The van der Waals surface area contributed by atoms with Gasteiger partial charge in [0, 0.05) is 17.7 Å². The number of fused-ring (bicyclic) bond motifs is 1. The average Bonchev–Trinajstić information content (AvgIpc) is 2.27. The largest absolute Gasteiger partial charge is 0.508 e. The van der Waals surface area contributed by atoms with Crippen LogP contribution in [0.25, 0.3) is 6.08 Å². The van der Waals surface area contributed by atoms with Gasteiger partial charge in [0.05, 0.1) is 14.1 Å². The van der Waals surface area contributed by atoms with Gasteiger partial charge in [-0.3, -0.25) is 4.48 Å². The van der Waals surface area contributed by atoms with Crippen molar-refractivity contribution in [2.75, 3.05) is 14.1 Å². The second-order valence-electron chi connectivity index (χ2n) is 3.60. The van der Waals surface area contributed by atoms with Crippen LogP contribution in [0, 0.1) is 0 Å². The lowest BCUT2D eigenvalue weighted by atomic mass is 10.2. The first-order valence-corrected chi connectivity index (χ1v) is 3.96. The molecule has 0 fully saturated rings. The molecule has 1 aliphatic rings. The van der Waals surface area contributed by atoms with E-state index in [1.165, 1.54) is 5.69 Å². The molecule has 0 amide bonds. The highest BCUT2D eigenvalue weighted by atomic mass is 16.3. The van der Waals surface area contributed by atoms with E-state index >= 15 is 0 Å². The summed E-state index contributed by atoms with van der Waals surface area (Å²) >= 11 is 0. The van der Waals surface area contributed by atoms with E-state index in [2.05, 4.69) is 20.3 Å². The Morgan fingerprint density at radius 3 is 2.75 bits per heavy atom. The van der Waals surface area contributed by atoms with Gasteiger partial charge in [0.15, 0.2) is 0 Å². The molecule has 0 saturated heterocycles. The monoisotopic (exact) mass is 162 g/mol. The van der Waals surface area contributed by atoms with Gasteiger partial charge in [-0.15, -0.1) is 0 Å². The molecule has 0 bridgehead atoms. The van der Waals surface area contributed by atoms with Gasteiger partial charge in [-0.2, -0.15) is 0 Å². The maximum Gasteiger partial charge on any atom is 0.144 e. The first-order chi connectivity index (χ1) is 5.59. The van der Waals surface area contributed by atoms with Crippen LogP contribution in [0.15, 0.2) is 24.4 Å². The van der Waals surface area contributed by atoms with Crippen molar-refractivity contribution in [2.45, 2.75) is 0 Å². The molecule has 0 saturated carbocycles. The Kier molecular flexibility index (Phi) is 1.30. The maximum absolute atomic E-state index is 9.23. The van der Waals surface area contributed by atoms with Crippen LogP contribution in [-0.2, 0) is 0 Å². The zero-order valence-electron chi connectivity index (χ0n) is 7.28. The maximum atomic E-state index is 9.23. The van der Waals surface area contributed by atoms with Crippen molar-refractivity contribution in [2.24, 2.45) is 0 Å². The molecule has 0 radical (unpaired) electrons. The summed E-state index contributed by atoms with van der Waals surface area (Å²) in [6.45, 7) is 0. The lowest BCUT2D eigenvalue weighted by Crippen LogP contribution is -2.31. The summed E-state index contributed by atoms with van der Waals surface area (Å²) in [5.41, 5.74) is 2.34. The number of phenolic OH excluding ortho intramolecular Hbond substituents is 1. The minimum atomic E-state index is 0.334. The molecule has 2 rings (SSSR count). The van der Waals surface area contributed by atoms with Gasteiger partial charge in [-0.05, 0) is 12.1 Å². The molecule has 1 aromatic rings. The fourth-order valence-corrected chi connectivity index (χ4v) is 1.55. The molecule has 1 aliphatic heterocycles. The summed E-state index contributed by atoms with van der Waals surface area (Å²) in [5.74, 6) is 0.334. The van der Waals surface area contributed by atoms with Crippen LogP contribution >= 0.6 is 0 Å². The van der Waals surface area contributed by atoms with Crippen LogP contribution < -0.4 is 4.48 Å². The van der Waals surface area contributed by atoms with Crippen molar-refractivity contribution < 1.29 is 5.11 Å². The summed E-state index contributed by atoms with van der Waals surface area (Å²) in [6, 6.07) is 5.48. The predicted octanol–water partition coefficient (Wildman–Crippen LogP) is 1.94. The molecule has 2 heteroatoms. The van der Waals surface area contributed by atoms with Crippen molar-refractivity contribution >= 4 is 11.8 Å². The van der Waals surface area contributed by atoms with Crippen LogP contribution in [0.3, 0.4) is 0 Å². The quantitative estimate of drug-likeness (QED) is 0.578. The lowest BCUT2D eigenvalue weighted by Gasteiger charge is -2.20. The van der Waals surface area contributed by atoms with Gasteiger partial charge >= 0.3 is 0 Å². The number of rotatable bonds is 0. The highest BCUT2D eigenvalue weighted by Crippen LogP contribution is 2.34. The van der Waals surface area contributed by atoms with E-state index in [-0.39, 0.29) is 0 Å². The molecule has 62 valence electrons. The highest BCUT2D eigenvalue weighted by Gasteiger charge is 2.24. The standard InChI is InChI=1S/C10H11NO/c1-11(2)6-5-8-7-9(12)3-4-10(8)11/h3-7H,1-2H3/p+1. The third-order valence-electron chi connectivity index (χ3n) is 2.26. The van der Waals surface area contributed by atoms with Crippen LogP contribution in [0.2, 0.25) is 0 Å². The Hall–Kier alpha value is -1.28. The third-order valence-corrected chi connectivity index (χ3v) is 2.26. The number of quaternary nitrogens is 1. The number of hydrogen-bond acceptors (Lipinski definition) is 1. The number of phenols is 1. The van der Waals surface area contributed by atoms with Crippen molar-refractivity contribution in [1.82, 2.24) is 4.48 Å². The van der Waals surface area contributed by atoms with Gasteiger partial charge < -0.3 is 5.11 Å². The van der Waals surface area contributed by atoms with Crippen molar-refractivity contribution in [3.05, 3.63) is 30.0 Å². The topological polar surface area (TPSA) is 20.2 Å². The molecular formula is C10H12NO+.